The van der Waals surface area contributed by atoms with Crippen LogP contribution >= 0.6 is 15.9 Å². The summed E-state index contributed by atoms with van der Waals surface area (Å²) in [6.45, 7) is 2.80. The number of hydrogen-bond donors (Lipinski definition) is 1. The van der Waals surface area contributed by atoms with Crippen LogP contribution in [0.3, 0.4) is 0 Å². The normalized spacial score (nSPS) is 18.9. The van der Waals surface area contributed by atoms with Gasteiger partial charge in [0.2, 0.25) is 5.91 Å². The highest BCUT2D eigenvalue weighted by Crippen LogP contribution is 2.18. The van der Waals surface area contributed by atoms with Crippen LogP contribution in [0.25, 0.3) is 0 Å². The van der Waals surface area contributed by atoms with E-state index < -0.39 is 12.1 Å². The van der Waals surface area contributed by atoms with E-state index in [2.05, 4.69) is 15.9 Å². The molecule has 1 aliphatic rings. The third-order valence-electron chi connectivity index (χ3n) is 3.29. The van der Waals surface area contributed by atoms with Gasteiger partial charge in [0.15, 0.2) is 6.10 Å². The number of aryl methyl sites for hydroxylation is 1. The van der Waals surface area contributed by atoms with Gasteiger partial charge >= 0.3 is 5.97 Å². The molecule has 1 saturated heterocycles. The van der Waals surface area contributed by atoms with Gasteiger partial charge in [-0.1, -0.05) is 28.1 Å². The topological polar surface area (TPSA) is 66.8 Å². The number of carbonyl (C=O) groups is 2. The first-order valence-electron chi connectivity index (χ1n) is 6.34. The van der Waals surface area contributed by atoms with Crippen LogP contribution in [0.5, 0.6) is 0 Å². The number of morpholine rings is 1. The Kier molecular flexibility index (Phi) is 4.77. The number of carbonyl (C=O) groups excluding carboxylic acids is 1. The zero-order chi connectivity index (χ0) is 14.7. The molecule has 0 bridgehead atoms. The predicted octanol–water partition coefficient (Wildman–Crippen LogP) is 1.61. The first-order chi connectivity index (χ1) is 9.47. The van der Waals surface area contributed by atoms with Crippen molar-refractivity contribution in [3.63, 3.8) is 0 Å². The minimum Gasteiger partial charge on any atom is -0.479 e. The largest absolute Gasteiger partial charge is 0.479 e. The number of halogens is 1. The van der Waals surface area contributed by atoms with E-state index in [9.17, 15) is 9.59 Å². The lowest BCUT2D eigenvalue weighted by atomic mass is 10.1. The number of amides is 1. The summed E-state index contributed by atoms with van der Waals surface area (Å²) in [6.07, 6.45) is -0.650. The Bertz CT molecular complexity index is 532. The molecule has 20 heavy (non-hydrogen) atoms. The Morgan fingerprint density at radius 3 is 2.90 bits per heavy atom. The molecule has 1 amide bonds. The summed E-state index contributed by atoms with van der Waals surface area (Å²) in [5, 5.41) is 8.93. The molecule has 1 aromatic rings. The Morgan fingerprint density at radius 2 is 2.25 bits per heavy atom. The van der Waals surface area contributed by atoms with Crippen molar-refractivity contribution in [2.75, 3.05) is 19.7 Å². The molecule has 0 radical (unpaired) electrons. The van der Waals surface area contributed by atoms with Gasteiger partial charge in [-0.05, 0) is 24.1 Å². The minimum absolute atomic E-state index is 0.0738. The highest BCUT2D eigenvalue weighted by molar-refractivity contribution is 9.10. The standard InChI is InChI=1S/C14H16BrNO4/c1-9-2-3-10(6-11(9)15)7-13(17)16-4-5-20-12(8-16)14(18)19/h2-3,6,12H,4-5,7-8H2,1H3,(H,18,19). The molecule has 2 rings (SSSR count). The van der Waals surface area contributed by atoms with Crippen molar-refractivity contribution in [2.24, 2.45) is 0 Å². The van der Waals surface area contributed by atoms with E-state index in [1.54, 1.807) is 4.90 Å². The number of rotatable bonds is 3. The Balaban J connectivity index is 2.00. The molecule has 1 fully saturated rings. The first kappa shape index (κ1) is 15.0. The molecule has 1 unspecified atom stereocenters. The molecular formula is C14H16BrNO4. The summed E-state index contributed by atoms with van der Waals surface area (Å²) in [5.74, 6) is -1.10. The molecule has 0 spiro atoms. The fraction of sp³-hybridized carbons (Fsp3) is 0.429. The smallest absolute Gasteiger partial charge is 0.334 e. The molecule has 1 N–H and O–H groups in total. The van der Waals surface area contributed by atoms with Crippen molar-refractivity contribution in [2.45, 2.75) is 19.4 Å². The van der Waals surface area contributed by atoms with E-state index in [-0.39, 0.29) is 25.5 Å². The van der Waals surface area contributed by atoms with Gasteiger partial charge in [-0.3, -0.25) is 4.79 Å². The Morgan fingerprint density at radius 1 is 1.50 bits per heavy atom. The molecule has 5 nitrogen and oxygen atoms in total. The number of hydrogen-bond acceptors (Lipinski definition) is 3. The zero-order valence-corrected chi connectivity index (χ0v) is 12.7. The molecule has 1 aliphatic heterocycles. The van der Waals surface area contributed by atoms with Crippen molar-refractivity contribution in [1.82, 2.24) is 4.90 Å². The van der Waals surface area contributed by atoms with Gasteiger partial charge in [0, 0.05) is 11.0 Å². The molecule has 0 aliphatic carbocycles. The average molecular weight is 342 g/mol. The van der Waals surface area contributed by atoms with E-state index in [4.69, 9.17) is 9.84 Å². The summed E-state index contributed by atoms with van der Waals surface area (Å²) < 4.78 is 6.07. The number of aliphatic carboxylic acids is 1. The number of nitrogens with zero attached hydrogens (tertiary/aromatic N) is 1. The Hall–Kier alpha value is -1.40. The van der Waals surface area contributed by atoms with Crippen LogP contribution in [0.2, 0.25) is 0 Å². The van der Waals surface area contributed by atoms with Crippen molar-refractivity contribution in [3.05, 3.63) is 33.8 Å². The molecule has 0 saturated carbocycles. The molecule has 1 atom stereocenters. The second-order valence-corrected chi connectivity index (χ2v) is 5.65. The predicted molar refractivity (Wildman–Crippen MR) is 76.5 cm³/mol. The maximum absolute atomic E-state index is 12.2. The van der Waals surface area contributed by atoms with Crippen molar-refractivity contribution >= 4 is 27.8 Å². The third-order valence-corrected chi connectivity index (χ3v) is 4.14. The Labute approximate surface area is 125 Å². The number of carboxylic acids is 1. The molecule has 0 aromatic heterocycles. The van der Waals surface area contributed by atoms with E-state index >= 15 is 0 Å². The second-order valence-electron chi connectivity index (χ2n) is 4.80. The van der Waals surface area contributed by atoms with Crippen molar-refractivity contribution < 1.29 is 19.4 Å². The lowest BCUT2D eigenvalue weighted by molar-refractivity contribution is -0.159. The van der Waals surface area contributed by atoms with E-state index in [0.717, 1.165) is 15.6 Å². The molecule has 108 valence electrons. The fourth-order valence-corrected chi connectivity index (χ4v) is 2.48. The minimum atomic E-state index is -1.03. The zero-order valence-electron chi connectivity index (χ0n) is 11.1. The lowest BCUT2D eigenvalue weighted by Gasteiger charge is -2.31. The van der Waals surface area contributed by atoms with Gasteiger partial charge < -0.3 is 14.7 Å². The number of benzene rings is 1. The molecule has 1 aromatic carbocycles. The maximum atomic E-state index is 12.2. The average Bonchev–Trinajstić information content (AvgIpc) is 2.43. The van der Waals surface area contributed by atoms with Gasteiger partial charge in [-0.2, -0.15) is 0 Å². The van der Waals surface area contributed by atoms with E-state index in [1.165, 1.54) is 0 Å². The third kappa shape index (κ3) is 3.58. The van der Waals surface area contributed by atoms with Crippen LogP contribution in [0.1, 0.15) is 11.1 Å². The second kappa shape index (κ2) is 6.37. The van der Waals surface area contributed by atoms with Crippen LogP contribution < -0.4 is 0 Å². The number of ether oxygens (including phenoxy) is 1. The highest BCUT2D eigenvalue weighted by atomic mass is 79.9. The van der Waals surface area contributed by atoms with Gasteiger partial charge in [-0.25, -0.2) is 4.79 Å². The van der Waals surface area contributed by atoms with Crippen LogP contribution in [0, 0.1) is 6.92 Å². The summed E-state index contributed by atoms with van der Waals surface area (Å²) in [7, 11) is 0. The van der Waals surface area contributed by atoms with Gasteiger partial charge in [-0.15, -0.1) is 0 Å². The highest BCUT2D eigenvalue weighted by Gasteiger charge is 2.28. The first-order valence-corrected chi connectivity index (χ1v) is 7.14. The summed E-state index contributed by atoms with van der Waals surface area (Å²) >= 11 is 3.44. The summed E-state index contributed by atoms with van der Waals surface area (Å²) in [6, 6.07) is 5.78. The van der Waals surface area contributed by atoms with Gasteiger partial charge in [0.1, 0.15) is 0 Å². The van der Waals surface area contributed by atoms with E-state index in [0.29, 0.717) is 6.54 Å². The van der Waals surface area contributed by atoms with Gasteiger partial charge in [0.05, 0.1) is 19.6 Å². The molecular weight excluding hydrogens is 326 g/mol. The lowest BCUT2D eigenvalue weighted by Crippen LogP contribution is -2.49. The van der Waals surface area contributed by atoms with Crippen LogP contribution in [-0.2, 0) is 20.7 Å². The van der Waals surface area contributed by atoms with Crippen LogP contribution in [0.4, 0.5) is 0 Å². The number of carboxylic acid groups (broad SMARTS) is 1. The van der Waals surface area contributed by atoms with Crippen molar-refractivity contribution in [1.29, 1.82) is 0 Å². The van der Waals surface area contributed by atoms with Crippen LogP contribution in [-0.4, -0.2) is 47.7 Å². The molecule has 6 heteroatoms. The summed E-state index contributed by atoms with van der Waals surface area (Å²) in [5.41, 5.74) is 2.02. The maximum Gasteiger partial charge on any atom is 0.334 e. The monoisotopic (exact) mass is 341 g/mol. The van der Waals surface area contributed by atoms with E-state index in [1.807, 2.05) is 25.1 Å². The van der Waals surface area contributed by atoms with Crippen LogP contribution in [0.15, 0.2) is 22.7 Å². The SMILES string of the molecule is Cc1ccc(CC(=O)N2CCOC(C(=O)O)C2)cc1Br. The quantitative estimate of drug-likeness (QED) is 0.906. The summed E-state index contributed by atoms with van der Waals surface area (Å²) in [4.78, 5) is 24.6. The van der Waals surface area contributed by atoms with Gasteiger partial charge in [0.25, 0.3) is 0 Å². The fourth-order valence-electron chi connectivity index (χ4n) is 2.06. The molecule has 1 heterocycles. The van der Waals surface area contributed by atoms with Crippen molar-refractivity contribution in [3.8, 4) is 0 Å².